The highest BCUT2D eigenvalue weighted by atomic mass is 14.9. The van der Waals surface area contributed by atoms with Gasteiger partial charge in [-0.05, 0) is 25.8 Å². The number of hydrogen-bond acceptors (Lipinski definition) is 1. The zero-order valence-electron chi connectivity index (χ0n) is 6.72. The second-order valence-electron chi connectivity index (χ2n) is 3.20. The number of nitrogens with one attached hydrogen (secondary N) is 1. The smallest absolute Gasteiger partial charge is 0.0377 e. The maximum Gasteiger partial charge on any atom is 0.0377 e. The van der Waals surface area contributed by atoms with Crippen LogP contribution in [0.3, 0.4) is 0 Å². The van der Waals surface area contributed by atoms with Crippen LogP contribution in [0.1, 0.15) is 20.3 Å². The average molecular weight is 137 g/mol. The summed E-state index contributed by atoms with van der Waals surface area (Å²) in [7, 11) is 0. The van der Waals surface area contributed by atoms with Gasteiger partial charge in [0.05, 0.1) is 0 Å². The van der Waals surface area contributed by atoms with Crippen molar-refractivity contribution in [3.8, 4) is 12.3 Å². The van der Waals surface area contributed by atoms with E-state index in [1.54, 1.807) is 0 Å². The molecule has 0 bridgehead atoms. The molecule has 1 saturated heterocycles. The Bertz CT molecular complexity index is 135. The first-order chi connectivity index (χ1) is 4.75. The van der Waals surface area contributed by atoms with E-state index >= 15 is 0 Å². The van der Waals surface area contributed by atoms with Crippen LogP contribution in [0, 0.1) is 24.2 Å². The Morgan fingerprint density at radius 2 is 2.20 bits per heavy atom. The molecule has 56 valence electrons. The van der Waals surface area contributed by atoms with E-state index in [1.807, 2.05) is 0 Å². The van der Waals surface area contributed by atoms with Crippen LogP contribution in [0.2, 0.25) is 0 Å². The summed E-state index contributed by atoms with van der Waals surface area (Å²) >= 11 is 0. The van der Waals surface area contributed by atoms with Crippen molar-refractivity contribution < 1.29 is 0 Å². The van der Waals surface area contributed by atoms with Gasteiger partial charge < -0.3 is 5.32 Å². The van der Waals surface area contributed by atoms with E-state index in [1.165, 1.54) is 6.42 Å². The second-order valence-corrected chi connectivity index (χ2v) is 3.20. The molecule has 1 rings (SSSR count). The molecule has 0 spiro atoms. The molecule has 1 heteroatoms. The van der Waals surface area contributed by atoms with Crippen LogP contribution in [-0.4, -0.2) is 12.6 Å². The Kier molecular flexibility index (Phi) is 2.34. The SMILES string of the molecule is C#CC1C(C)CCNC1C. The molecule has 0 aliphatic carbocycles. The Morgan fingerprint density at radius 1 is 1.50 bits per heavy atom. The maximum atomic E-state index is 5.39. The fraction of sp³-hybridized carbons (Fsp3) is 0.778. The van der Waals surface area contributed by atoms with Crippen molar-refractivity contribution in [2.45, 2.75) is 26.3 Å². The fourth-order valence-corrected chi connectivity index (χ4v) is 1.65. The number of terminal acetylenes is 1. The van der Waals surface area contributed by atoms with Gasteiger partial charge in [-0.3, -0.25) is 0 Å². The third-order valence-electron chi connectivity index (χ3n) is 2.41. The Balaban J connectivity index is 2.56. The molecule has 0 aromatic carbocycles. The zero-order valence-corrected chi connectivity index (χ0v) is 6.72. The standard InChI is InChI=1S/C9H15N/c1-4-9-7(2)5-6-10-8(9)3/h1,7-10H,5-6H2,2-3H3. The molecule has 1 aliphatic heterocycles. The number of piperidine rings is 1. The normalized spacial score (nSPS) is 40.7. The number of rotatable bonds is 0. The van der Waals surface area contributed by atoms with Gasteiger partial charge in [-0.1, -0.05) is 6.92 Å². The van der Waals surface area contributed by atoms with E-state index in [0.717, 1.165) is 6.54 Å². The van der Waals surface area contributed by atoms with E-state index < -0.39 is 0 Å². The third-order valence-corrected chi connectivity index (χ3v) is 2.41. The minimum absolute atomic E-state index is 0.439. The van der Waals surface area contributed by atoms with Crippen LogP contribution in [-0.2, 0) is 0 Å². The van der Waals surface area contributed by atoms with Crippen LogP contribution in [0.5, 0.6) is 0 Å². The van der Waals surface area contributed by atoms with Crippen LogP contribution in [0.4, 0.5) is 0 Å². The predicted octanol–water partition coefficient (Wildman–Crippen LogP) is 1.25. The van der Waals surface area contributed by atoms with Crippen LogP contribution < -0.4 is 5.32 Å². The summed E-state index contributed by atoms with van der Waals surface area (Å²) in [5.41, 5.74) is 0. The van der Waals surface area contributed by atoms with Gasteiger partial charge in [0.2, 0.25) is 0 Å². The molecule has 1 fully saturated rings. The summed E-state index contributed by atoms with van der Waals surface area (Å²) < 4.78 is 0. The van der Waals surface area contributed by atoms with Gasteiger partial charge in [-0.15, -0.1) is 12.3 Å². The molecular formula is C9H15N. The van der Waals surface area contributed by atoms with Gasteiger partial charge >= 0.3 is 0 Å². The molecule has 1 N–H and O–H groups in total. The van der Waals surface area contributed by atoms with Crippen molar-refractivity contribution in [3.05, 3.63) is 0 Å². The highest BCUT2D eigenvalue weighted by Crippen LogP contribution is 2.21. The van der Waals surface area contributed by atoms with Crippen molar-refractivity contribution in [1.29, 1.82) is 0 Å². The zero-order chi connectivity index (χ0) is 7.56. The Hall–Kier alpha value is -0.480. The first-order valence-corrected chi connectivity index (χ1v) is 3.95. The lowest BCUT2D eigenvalue weighted by Crippen LogP contribution is -2.42. The average Bonchev–Trinajstić information content (AvgIpc) is 1.88. The summed E-state index contributed by atoms with van der Waals surface area (Å²) in [6.45, 7) is 5.53. The molecule has 1 heterocycles. The minimum atomic E-state index is 0.439. The third kappa shape index (κ3) is 1.33. The first kappa shape index (κ1) is 7.63. The molecule has 3 unspecified atom stereocenters. The molecule has 0 aromatic heterocycles. The van der Waals surface area contributed by atoms with Crippen molar-refractivity contribution in [2.75, 3.05) is 6.54 Å². The topological polar surface area (TPSA) is 12.0 Å². The van der Waals surface area contributed by atoms with Gasteiger partial charge in [-0.2, -0.15) is 0 Å². The molecule has 1 aliphatic rings. The van der Waals surface area contributed by atoms with Crippen molar-refractivity contribution in [1.82, 2.24) is 5.32 Å². The summed E-state index contributed by atoms with van der Waals surface area (Å²) in [5.74, 6) is 3.98. The Morgan fingerprint density at radius 3 is 2.60 bits per heavy atom. The quantitative estimate of drug-likeness (QED) is 0.495. The van der Waals surface area contributed by atoms with E-state index in [-0.39, 0.29) is 0 Å². The van der Waals surface area contributed by atoms with Crippen LogP contribution >= 0.6 is 0 Å². The predicted molar refractivity (Wildman–Crippen MR) is 43.6 cm³/mol. The summed E-state index contributed by atoms with van der Waals surface area (Å²) in [6.07, 6.45) is 6.62. The first-order valence-electron chi connectivity index (χ1n) is 3.95. The molecule has 0 saturated carbocycles. The highest BCUT2D eigenvalue weighted by Gasteiger charge is 2.24. The van der Waals surface area contributed by atoms with Gasteiger partial charge in [0.1, 0.15) is 0 Å². The molecule has 0 aromatic rings. The molecule has 1 nitrogen and oxygen atoms in total. The van der Waals surface area contributed by atoms with Gasteiger partial charge in [0, 0.05) is 12.0 Å². The lowest BCUT2D eigenvalue weighted by atomic mass is 9.83. The van der Waals surface area contributed by atoms with E-state index in [2.05, 4.69) is 25.1 Å². The minimum Gasteiger partial charge on any atom is -0.313 e. The molecule has 10 heavy (non-hydrogen) atoms. The lowest BCUT2D eigenvalue weighted by molar-refractivity contribution is 0.269. The van der Waals surface area contributed by atoms with E-state index in [0.29, 0.717) is 17.9 Å². The van der Waals surface area contributed by atoms with Crippen LogP contribution in [0.25, 0.3) is 0 Å². The summed E-state index contributed by atoms with van der Waals surface area (Å²) in [6, 6.07) is 0.508. The van der Waals surface area contributed by atoms with Gasteiger partial charge in [-0.25, -0.2) is 0 Å². The fourth-order valence-electron chi connectivity index (χ4n) is 1.65. The van der Waals surface area contributed by atoms with Crippen molar-refractivity contribution in [2.24, 2.45) is 11.8 Å². The van der Waals surface area contributed by atoms with E-state index in [4.69, 9.17) is 6.42 Å². The highest BCUT2D eigenvalue weighted by molar-refractivity contribution is 5.02. The van der Waals surface area contributed by atoms with Crippen molar-refractivity contribution >= 4 is 0 Å². The lowest BCUT2D eigenvalue weighted by Gasteiger charge is -2.31. The van der Waals surface area contributed by atoms with E-state index in [9.17, 15) is 0 Å². The monoisotopic (exact) mass is 137 g/mol. The molecule has 0 amide bonds. The Labute approximate surface area is 63.2 Å². The van der Waals surface area contributed by atoms with Crippen molar-refractivity contribution in [3.63, 3.8) is 0 Å². The second kappa shape index (κ2) is 3.07. The van der Waals surface area contributed by atoms with Crippen LogP contribution in [0.15, 0.2) is 0 Å². The number of hydrogen-bond donors (Lipinski definition) is 1. The molecule has 3 atom stereocenters. The summed E-state index contributed by atoms with van der Waals surface area (Å²) in [5, 5.41) is 3.37. The maximum absolute atomic E-state index is 5.39. The van der Waals surface area contributed by atoms with Gasteiger partial charge in [0.25, 0.3) is 0 Å². The summed E-state index contributed by atoms with van der Waals surface area (Å²) in [4.78, 5) is 0. The largest absolute Gasteiger partial charge is 0.313 e. The van der Waals surface area contributed by atoms with Gasteiger partial charge in [0.15, 0.2) is 0 Å². The molecule has 0 radical (unpaired) electrons. The molecular weight excluding hydrogens is 122 g/mol.